The van der Waals surface area contributed by atoms with Gasteiger partial charge in [0, 0.05) is 6.04 Å². The van der Waals surface area contributed by atoms with E-state index in [1.165, 1.54) is 19.1 Å². The summed E-state index contributed by atoms with van der Waals surface area (Å²) in [6, 6.07) is 4.34. The molecule has 2 unspecified atom stereocenters. The fourth-order valence-electron chi connectivity index (χ4n) is 3.77. The van der Waals surface area contributed by atoms with Crippen LogP contribution in [0.2, 0.25) is 0 Å². The highest BCUT2D eigenvalue weighted by Crippen LogP contribution is 2.41. The molecular formula is C20H24F3NO2. The maximum Gasteiger partial charge on any atom is 0.416 e. The molecule has 2 aliphatic heterocycles. The van der Waals surface area contributed by atoms with Crippen LogP contribution in [0.4, 0.5) is 18.0 Å². The number of aryl methyl sites for hydroxylation is 1. The molecule has 3 rings (SSSR count). The molecule has 0 aliphatic carbocycles. The van der Waals surface area contributed by atoms with Crippen LogP contribution in [0.1, 0.15) is 56.7 Å². The Balaban J connectivity index is 1.87. The number of ether oxygens (including phenoxy) is 1. The third-order valence-electron chi connectivity index (χ3n) is 4.91. The zero-order chi connectivity index (χ0) is 19.3. The Kier molecular flexibility index (Phi) is 4.57. The van der Waals surface area contributed by atoms with E-state index in [0.717, 1.165) is 18.4 Å². The van der Waals surface area contributed by atoms with Crippen LogP contribution in [0.25, 0.3) is 5.57 Å². The molecule has 0 aromatic heterocycles. The summed E-state index contributed by atoms with van der Waals surface area (Å²) in [6.45, 7) is 6.94. The maximum absolute atomic E-state index is 13.2. The van der Waals surface area contributed by atoms with Crippen LogP contribution in [-0.4, -0.2) is 28.7 Å². The van der Waals surface area contributed by atoms with Gasteiger partial charge in [-0.1, -0.05) is 18.2 Å². The summed E-state index contributed by atoms with van der Waals surface area (Å²) in [6.07, 6.45) is -0.585. The molecular weight excluding hydrogens is 343 g/mol. The molecule has 0 N–H and O–H groups in total. The molecule has 0 saturated carbocycles. The maximum atomic E-state index is 13.2. The average Bonchev–Trinajstić information content (AvgIpc) is 2.75. The minimum Gasteiger partial charge on any atom is -0.444 e. The van der Waals surface area contributed by atoms with Crippen molar-refractivity contribution in [3.63, 3.8) is 0 Å². The van der Waals surface area contributed by atoms with Crippen LogP contribution < -0.4 is 0 Å². The quantitative estimate of drug-likeness (QED) is 0.649. The van der Waals surface area contributed by atoms with Crippen molar-refractivity contribution < 1.29 is 22.7 Å². The average molecular weight is 367 g/mol. The summed E-state index contributed by atoms with van der Waals surface area (Å²) in [7, 11) is 0. The predicted molar refractivity (Wildman–Crippen MR) is 93.7 cm³/mol. The zero-order valence-corrected chi connectivity index (χ0v) is 15.5. The SMILES string of the molecule is Cc1ccc(C2=CC3CCC(C2)N3C(=O)OC(C)(C)C)cc1C(F)(F)F. The number of carbonyl (C=O) groups is 1. The van der Waals surface area contributed by atoms with Crippen LogP contribution in [0, 0.1) is 6.92 Å². The van der Waals surface area contributed by atoms with E-state index in [4.69, 9.17) is 4.74 Å². The molecule has 2 aliphatic rings. The van der Waals surface area contributed by atoms with Gasteiger partial charge in [-0.25, -0.2) is 4.79 Å². The van der Waals surface area contributed by atoms with E-state index in [9.17, 15) is 18.0 Å². The van der Waals surface area contributed by atoms with Gasteiger partial charge in [0.2, 0.25) is 0 Å². The molecule has 1 aromatic carbocycles. The first-order valence-corrected chi connectivity index (χ1v) is 8.86. The van der Waals surface area contributed by atoms with Crippen LogP contribution in [0.3, 0.4) is 0 Å². The molecule has 142 valence electrons. The summed E-state index contributed by atoms with van der Waals surface area (Å²) in [5.41, 5.74) is 0.513. The highest BCUT2D eigenvalue weighted by Gasteiger charge is 2.42. The molecule has 2 atom stereocenters. The lowest BCUT2D eigenvalue weighted by Gasteiger charge is -2.35. The standard InChI is InChI=1S/C20H24F3NO2/c1-12-5-6-13(11-17(12)20(21,22)23)14-9-15-7-8-16(10-14)24(15)18(25)26-19(2,3)4/h5-6,9,11,15-16H,7-8,10H2,1-4H3. The molecule has 1 fully saturated rings. The number of hydrogen-bond donors (Lipinski definition) is 0. The first-order valence-electron chi connectivity index (χ1n) is 8.86. The van der Waals surface area contributed by atoms with Crippen molar-refractivity contribution in [2.75, 3.05) is 0 Å². The molecule has 26 heavy (non-hydrogen) atoms. The molecule has 6 heteroatoms. The summed E-state index contributed by atoms with van der Waals surface area (Å²) >= 11 is 0. The largest absolute Gasteiger partial charge is 0.444 e. The molecule has 2 bridgehead atoms. The van der Waals surface area contributed by atoms with Gasteiger partial charge >= 0.3 is 12.3 Å². The van der Waals surface area contributed by atoms with E-state index in [0.29, 0.717) is 12.0 Å². The van der Waals surface area contributed by atoms with Gasteiger partial charge in [0.05, 0.1) is 11.6 Å². The molecule has 1 aromatic rings. The number of benzene rings is 1. The highest BCUT2D eigenvalue weighted by molar-refractivity contribution is 5.75. The van der Waals surface area contributed by atoms with Gasteiger partial charge in [-0.2, -0.15) is 13.2 Å². The summed E-state index contributed by atoms with van der Waals surface area (Å²) in [4.78, 5) is 14.2. The molecule has 2 heterocycles. The van der Waals surface area contributed by atoms with E-state index in [1.54, 1.807) is 11.0 Å². The lowest BCUT2D eigenvalue weighted by Crippen LogP contribution is -2.45. The lowest BCUT2D eigenvalue weighted by atomic mass is 9.92. The second kappa shape index (κ2) is 6.32. The number of rotatable bonds is 1. The van der Waals surface area contributed by atoms with Gasteiger partial charge in [0.1, 0.15) is 5.60 Å². The lowest BCUT2D eigenvalue weighted by molar-refractivity contribution is -0.138. The second-order valence-electron chi connectivity index (χ2n) is 8.11. The topological polar surface area (TPSA) is 29.5 Å². The second-order valence-corrected chi connectivity index (χ2v) is 8.11. The van der Waals surface area contributed by atoms with Crippen molar-refractivity contribution >= 4 is 11.7 Å². The summed E-state index contributed by atoms with van der Waals surface area (Å²) in [5.74, 6) is 0. The monoisotopic (exact) mass is 367 g/mol. The zero-order valence-electron chi connectivity index (χ0n) is 15.5. The van der Waals surface area contributed by atoms with Crippen LogP contribution in [-0.2, 0) is 10.9 Å². The van der Waals surface area contributed by atoms with Gasteiger partial charge < -0.3 is 4.74 Å². The number of nitrogens with zero attached hydrogens (tertiary/aromatic N) is 1. The Morgan fingerprint density at radius 1 is 1.19 bits per heavy atom. The minimum atomic E-state index is -4.36. The molecule has 0 spiro atoms. The van der Waals surface area contributed by atoms with Gasteiger partial charge in [-0.3, -0.25) is 4.90 Å². The van der Waals surface area contributed by atoms with Gasteiger partial charge in [-0.15, -0.1) is 0 Å². The summed E-state index contributed by atoms with van der Waals surface area (Å²) < 4.78 is 45.1. The van der Waals surface area contributed by atoms with Crippen molar-refractivity contribution in [3.8, 4) is 0 Å². The third-order valence-corrected chi connectivity index (χ3v) is 4.91. The first-order chi connectivity index (χ1) is 12.0. The van der Waals surface area contributed by atoms with Gasteiger partial charge in [-0.05, 0) is 69.7 Å². The molecule has 3 nitrogen and oxygen atoms in total. The molecule has 1 saturated heterocycles. The smallest absolute Gasteiger partial charge is 0.416 e. The summed E-state index contributed by atoms with van der Waals surface area (Å²) in [5, 5.41) is 0. The predicted octanol–water partition coefficient (Wildman–Crippen LogP) is 5.57. The van der Waals surface area contributed by atoms with Crippen molar-refractivity contribution in [1.29, 1.82) is 0 Å². The van der Waals surface area contributed by atoms with E-state index in [1.807, 2.05) is 26.8 Å². The van der Waals surface area contributed by atoms with Crippen LogP contribution in [0.5, 0.6) is 0 Å². The number of fused-ring (bicyclic) bond motifs is 2. The molecule has 0 radical (unpaired) electrons. The Bertz CT molecular complexity index is 746. The van der Waals surface area contributed by atoms with Crippen molar-refractivity contribution in [2.45, 2.75) is 70.8 Å². The number of hydrogen-bond acceptors (Lipinski definition) is 2. The molecule has 1 amide bonds. The highest BCUT2D eigenvalue weighted by atomic mass is 19.4. The van der Waals surface area contributed by atoms with Gasteiger partial charge in [0.15, 0.2) is 0 Å². The normalized spacial score (nSPS) is 23.0. The number of amides is 1. The van der Waals surface area contributed by atoms with E-state index < -0.39 is 17.3 Å². The minimum absolute atomic E-state index is 0.0227. The Hall–Kier alpha value is -1.98. The Morgan fingerprint density at radius 3 is 2.46 bits per heavy atom. The Labute approximate surface area is 151 Å². The number of alkyl halides is 3. The van der Waals surface area contributed by atoms with E-state index in [2.05, 4.69) is 0 Å². The van der Waals surface area contributed by atoms with Gasteiger partial charge in [0.25, 0.3) is 0 Å². The Morgan fingerprint density at radius 2 is 1.88 bits per heavy atom. The van der Waals surface area contributed by atoms with Crippen molar-refractivity contribution in [3.05, 3.63) is 41.0 Å². The van der Waals surface area contributed by atoms with Crippen LogP contribution in [0.15, 0.2) is 24.3 Å². The van der Waals surface area contributed by atoms with Crippen molar-refractivity contribution in [2.24, 2.45) is 0 Å². The fraction of sp³-hybridized carbons (Fsp3) is 0.550. The third kappa shape index (κ3) is 3.74. The fourth-order valence-corrected chi connectivity index (χ4v) is 3.77. The van der Waals surface area contributed by atoms with E-state index >= 15 is 0 Å². The number of halogens is 3. The first kappa shape index (κ1) is 18.8. The van der Waals surface area contributed by atoms with Crippen molar-refractivity contribution in [1.82, 2.24) is 4.90 Å². The van der Waals surface area contributed by atoms with E-state index in [-0.39, 0.29) is 23.7 Å². The van der Waals surface area contributed by atoms with Crippen LogP contribution >= 0.6 is 0 Å². The number of carbonyl (C=O) groups excluding carboxylic acids is 1.